The summed E-state index contributed by atoms with van der Waals surface area (Å²) in [5.41, 5.74) is 6.36. The van der Waals surface area contributed by atoms with Gasteiger partial charge in [0.2, 0.25) is 5.91 Å². The van der Waals surface area contributed by atoms with Crippen molar-refractivity contribution in [2.75, 3.05) is 12.4 Å². The molecule has 0 bridgehead atoms. The number of imidazole rings is 1. The number of H-pyrrole nitrogens is 2. The monoisotopic (exact) mass is 536 g/mol. The van der Waals surface area contributed by atoms with Gasteiger partial charge in [-0.3, -0.25) is 19.9 Å². The number of rotatable bonds is 7. The molecule has 11 heteroatoms. The van der Waals surface area contributed by atoms with E-state index in [1.165, 1.54) is 19.2 Å². The minimum absolute atomic E-state index is 0.0649. The van der Waals surface area contributed by atoms with Crippen LogP contribution in [-0.2, 0) is 4.79 Å². The molecule has 0 aliphatic carbocycles. The first-order valence-corrected chi connectivity index (χ1v) is 12.7. The Bertz CT molecular complexity index is 1880. The molecule has 0 radical (unpaired) electrons. The number of fused-ring (bicyclic) bond motifs is 2. The molecule has 1 amide bonds. The van der Waals surface area contributed by atoms with Gasteiger partial charge in [-0.1, -0.05) is 13.8 Å². The van der Waals surface area contributed by atoms with Gasteiger partial charge in [0.05, 0.1) is 47.4 Å². The zero-order valence-corrected chi connectivity index (χ0v) is 22.0. The number of nitrogens with one attached hydrogen (secondary N) is 3. The molecule has 6 rings (SSSR count). The maximum absolute atomic E-state index is 14.2. The second kappa shape index (κ2) is 10.2. The highest BCUT2D eigenvalue weighted by Crippen LogP contribution is 2.33. The van der Waals surface area contributed by atoms with Gasteiger partial charge in [0.25, 0.3) is 0 Å². The van der Waals surface area contributed by atoms with Crippen molar-refractivity contribution in [1.82, 2.24) is 35.1 Å². The first-order valence-electron chi connectivity index (χ1n) is 12.7. The van der Waals surface area contributed by atoms with Crippen molar-refractivity contribution in [2.24, 2.45) is 5.92 Å². The number of aromatic amines is 2. The fourth-order valence-corrected chi connectivity index (χ4v) is 4.55. The van der Waals surface area contributed by atoms with Crippen LogP contribution in [0, 0.1) is 11.7 Å². The lowest BCUT2D eigenvalue weighted by Crippen LogP contribution is -2.14. The summed E-state index contributed by atoms with van der Waals surface area (Å²) in [4.78, 5) is 33.8. The van der Waals surface area contributed by atoms with Crippen molar-refractivity contribution in [2.45, 2.75) is 20.3 Å². The number of nitrogens with zero attached hydrogens (tertiary/aromatic N) is 5. The van der Waals surface area contributed by atoms with Crippen LogP contribution in [0.2, 0.25) is 0 Å². The molecule has 0 unspecified atom stereocenters. The molecule has 0 saturated carbocycles. The average Bonchev–Trinajstić information content (AvgIpc) is 3.56. The fourth-order valence-electron chi connectivity index (χ4n) is 4.55. The van der Waals surface area contributed by atoms with E-state index in [0.29, 0.717) is 62.7 Å². The van der Waals surface area contributed by atoms with E-state index >= 15 is 0 Å². The SMILES string of the molecule is COc1cc(F)cc(-c2cncc3[nH]c(-c4n[nH]c5ccc(-c6cncc(NC(=O)CC(C)C)c6)nc45)nc23)c1. The van der Waals surface area contributed by atoms with Crippen LogP contribution in [0.15, 0.2) is 61.2 Å². The number of amides is 1. The maximum atomic E-state index is 14.2. The first kappa shape index (κ1) is 25.1. The third-order valence-electron chi connectivity index (χ3n) is 6.36. The van der Waals surface area contributed by atoms with Crippen molar-refractivity contribution >= 4 is 33.7 Å². The third-order valence-corrected chi connectivity index (χ3v) is 6.36. The summed E-state index contributed by atoms with van der Waals surface area (Å²) in [5.74, 6) is 0.647. The lowest BCUT2D eigenvalue weighted by Gasteiger charge is -2.08. The fraction of sp³-hybridized carbons (Fsp3) is 0.172. The van der Waals surface area contributed by atoms with E-state index in [-0.39, 0.29) is 11.8 Å². The number of hydrogen-bond donors (Lipinski definition) is 3. The number of carbonyl (C=O) groups excluding carboxylic acids is 1. The minimum Gasteiger partial charge on any atom is -0.497 e. The predicted molar refractivity (Wildman–Crippen MR) is 150 cm³/mol. The molecule has 200 valence electrons. The molecule has 5 aromatic heterocycles. The Kier molecular flexibility index (Phi) is 6.39. The zero-order chi connectivity index (χ0) is 27.8. The average molecular weight is 537 g/mol. The van der Waals surface area contributed by atoms with E-state index in [4.69, 9.17) is 14.7 Å². The van der Waals surface area contributed by atoms with Crippen LogP contribution in [0.3, 0.4) is 0 Å². The largest absolute Gasteiger partial charge is 0.497 e. The van der Waals surface area contributed by atoms with Gasteiger partial charge in [-0.25, -0.2) is 14.4 Å². The number of methoxy groups -OCH3 is 1. The van der Waals surface area contributed by atoms with Crippen molar-refractivity contribution in [1.29, 1.82) is 0 Å². The van der Waals surface area contributed by atoms with Crippen LogP contribution < -0.4 is 10.1 Å². The van der Waals surface area contributed by atoms with E-state index in [2.05, 4.69) is 30.5 Å². The van der Waals surface area contributed by atoms with Gasteiger partial charge in [-0.15, -0.1) is 0 Å². The Labute approximate surface area is 228 Å². The van der Waals surface area contributed by atoms with Gasteiger partial charge in [0.15, 0.2) is 11.5 Å². The number of benzene rings is 1. The third kappa shape index (κ3) is 4.84. The highest BCUT2D eigenvalue weighted by atomic mass is 19.1. The number of aromatic nitrogens is 7. The van der Waals surface area contributed by atoms with Crippen molar-refractivity contribution in [3.05, 3.63) is 67.0 Å². The number of pyridine rings is 3. The molecule has 3 N–H and O–H groups in total. The van der Waals surface area contributed by atoms with E-state index in [1.54, 1.807) is 30.9 Å². The Morgan fingerprint density at radius 3 is 2.65 bits per heavy atom. The highest BCUT2D eigenvalue weighted by molar-refractivity contribution is 5.96. The topological polar surface area (TPSA) is 134 Å². The zero-order valence-electron chi connectivity index (χ0n) is 22.0. The summed E-state index contributed by atoms with van der Waals surface area (Å²) in [6.07, 6.45) is 7.02. The molecule has 5 heterocycles. The molecule has 6 aromatic rings. The van der Waals surface area contributed by atoms with Crippen LogP contribution in [0.1, 0.15) is 20.3 Å². The summed E-state index contributed by atoms with van der Waals surface area (Å²) in [6.45, 7) is 3.99. The molecular formula is C29H25FN8O2. The highest BCUT2D eigenvalue weighted by Gasteiger charge is 2.18. The molecule has 0 fully saturated rings. The van der Waals surface area contributed by atoms with Crippen molar-refractivity contribution < 1.29 is 13.9 Å². The second-order valence-corrected chi connectivity index (χ2v) is 9.82. The van der Waals surface area contributed by atoms with Crippen LogP contribution >= 0.6 is 0 Å². The van der Waals surface area contributed by atoms with E-state index < -0.39 is 5.82 Å². The summed E-state index contributed by atoms with van der Waals surface area (Å²) >= 11 is 0. The predicted octanol–water partition coefficient (Wildman–Crippen LogP) is 5.76. The minimum atomic E-state index is -0.421. The Morgan fingerprint density at radius 2 is 1.82 bits per heavy atom. The number of halogens is 1. The van der Waals surface area contributed by atoms with Crippen LogP contribution in [0.5, 0.6) is 5.75 Å². The van der Waals surface area contributed by atoms with Crippen molar-refractivity contribution in [3.63, 3.8) is 0 Å². The molecule has 0 aliphatic heterocycles. The van der Waals surface area contributed by atoms with Crippen LogP contribution in [0.4, 0.5) is 10.1 Å². The maximum Gasteiger partial charge on any atom is 0.224 e. The summed E-state index contributed by atoms with van der Waals surface area (Å²) in [7, 11) is 1.49. The first-order chi connectivity index (χ1) is 19.4. The van der Waals surface area contributed by atoms with Gasteiger partial charge in [-0.2, -0.15) is 5.10 Å². The molecule has 10 nitrogen and oxygen atoms in total. The summed E-state index contributed by atoms with van der Waals surface area (Å²) < 4.78 is 19.5. The Hall–Kier alpha value is -5.19. The van der Waals surface area contributed by atoms with Gasteiger partial charge >= 0.3 is 0 Å². The molecule has 0 aliphatic rings. The quantitative estimate of drug-likeness (QED) is 0.236. The number of ether oxygens (including phenoxy) is 1. The van der Waals surface area contributed by atoms with Gasteiger partial charge in [0.1, 0.15) is 17.1 Å². The molecule has 0 atom stereocenters. The molecule has 0 spiro atoms. The summed E-state index contributed by atoms with van der Waals surface area (Å²) in [6, 6.07) is 10.0. The summed E-state index contributed by atoms with van der Waals surface area (Å²) in [5, 5.41) is 10.4. The van der Waals surface area contributed by atoms with Gasteiger partial charge in [0, 0.05) is 36.0 Å². The Morgan fingerprint density at radius 1 is 0.975 bits per heavy atom. The van der Waals surface area contributed by atoms with E-state index in [1.807, 2.05) is 32.0 Å². The number of hydrogen-bond acceptors (Lipinski definition) is 7. The standard InChI is InChI=1S/C29H25FN8O2/c1-15(2)6-25(39)33-19-8-17(11-31-12-19)22-4-5-23-27(34-22)28(38-37-23)29-35-24-14-32-13-21(26(24)36-29)16-7-18(30)10-20(9-16)40-3/h4-5,7-15H,6H2,1-3H3,(H,33,39)(H,35,36)(H,37,38). The molecule has 0 saturated heterocycles. The van der Waals surface area contributed by atoms with Crippen molar-refractivity contribution in [3.8, 4) is 39.7 Å². The van der Waals surface area contributed by atoms with Crippen LogP contribution in [-0.4, -0.2) is 48.1 Å². The van der Waals surface area contributed by atoms with Gasteiger partial charge < -0.3 is 15.0 Å². The lowest BCUT2D eigenvalue weighted by atomic mass is 10.1. The second-order valence-electron chi connectivity index (χ2n) is 9.82. The van der Waals surface area contributed by atoms with E-state index in [0.717, 1.165) is 11.1 Å². The van der Waals surface area contributed by atoms with E-state index in [9.17, 15) is 9.18 Å². The molecular weight excluding hydrogens is 511 g/mol. The lowest BCUT2D eigenvalue weighted by molar-refractivity contribution is -0.116. The van der Waals surface area contributed by atoms with Crippen LogP contribution in [0.25, 0.3) is 56.0 Å². The van der Waals surface area contributed by atoms with Gasteiger partial charge in [-0.05, 0) is 41.8 Å². The number of carbonyl (C=O) groups is 1. The molecule has 40 heavy (non-hydrogen) atoms. The number of anilines is 1. The molecule has 1 aromatic carbocycles. The normalized spacial score (nSPS) is 11.4. The smallest absolute Gasteiger partial charge is 0.224 e. The Balaban J connectivity index is 1.38.